The van der Waals surface area contributed by atoms with E-state index in [9.17, 15) is 0 Å². The molecule has 0 aliphatic heterocycles. The van der Waals surface area contributed by atoms with Crippen molar-refractivity contribution >= 4 is 15.9 Å². The standard InChI is InChI=1S/C18H20BrN/c1-20-18(14-9-11-15(19)12-10-14)17-8-4-6-13-5-2-3-7-16(13)17/h2-3,5,7,9-12,17-18,20H,4,6,8H2,1H3. The number of aryl methyl sites for hydroxylation is 1. The van der Waals surface area contributed by atoms with E-state index in [1.54, 1.807) is 0 Å². The first-order valence-corrected chi connectivity index (χ1v) is 8.09. The van der Waals surface area contributed by atoms with Crippen molar-refractivity contribution in [1.29, 1.82) is 0 Å². The van der Waals surface area contributed by atoms with Gasteiger partial charge in [-0.15, -0.1) is 0 Å². The third kappa shape index (κ3) is 2.68. The molecule has 0 fully saturated rings. The van der Waals surface area contributed by atoms with Gasteiger partial charge >= 0.3 is 0 Å². The van der Waals surface area contributed by atoms with Crippen LogP contribution in [0.1, 0.15) is 41.5 Å². The fourth-order valence-electron chi connectivity index (χ4n) is 3.41. The number of rotatable bonds is 3. The largest absolute Gasteiger partial charge is 0.312 e. The van der Waals surface area contributed by atoms with E-state index in [1.807, 2.05) is 0 Å². The van der Waals surface area contributed by atoms with Crippen LogP contribution in [0.3, 0.4) is 0 Å². The molecule has 3 rings (SSSR count). The molecule has 0 aromatic heterocycles. The van der Waals surface area contributed by atoms with Crippen LogP contribution in [0.5, 0.6) is 0 Å². The Labute approximate surface area is 129 Å². The second-order valence-corrected chi connectivity index (χ2v) is 6.43. The lowest BCUT2D eigenvalue weighted by molar-refractivity contribution is 0.425. The van der Waals surface area contributed by atoms with Crippen LogP contribution >= 0.6 is 15.9 Å². The molecular formula is C18H20BrN. The minimum atomic E-state index is 0.393. The van der Waals surface area contributed by atoms with E-state index in [0.717, 1.165) is 4.47 Å². The fourth-order valence-corrected chi connectivity index (χ4v) is 3.67. The van der Waals surface area contributed by atoms with Crippen LogP contribution in [0.15, 0.2) is 53.0 Å². The van der Waals surface area contributed by atoms with Gasteiger partial charge in [-0.1, -0.05) is 52.3 Å². The molecule has 0 spiro atoms. The van der Waals surface area contributed by atoms with Crippen molar-refractivity contribution in [2.24, 2.45) is 0 Å². The summed E-state index contributed by atoms with van der Waals surface area (Å²) in [6, 6.07) is 18.0. The maximum Gasteiger partial charge on any atom is 0.0387 e. The van der Waals surface area contributed by atoms with Crippen molar-refractivity contribution in [1.82, 2.24) is 5.32 Å². The van der Waals surface area contributed by atoms with Gasteiger partial charge in [-0.2, -0.15) is 0 Å². The molecule has 1 N–H and O–H groups in total. The SMILES string of the molecule is CNC(c1ccc(Br)cc1)C1CCCc2ccccc21. The van der Waals surface area contributed by atoms with Gasteiger partial charge in [0.2, 0.25) is 0 Å². The third-order valence-electron chi connectivity index (χ3n) is 4.36. The van der Waals surface area contributed by atoms with Crippen LogP contribution < -0.4 is 5.32 Å². The van der Waals surface area contributed by atoms with Crippen LogP contribution in [0.4, 0.5) is 0 Å². The van der Waals surface area contributed by atoms with E-state index < -0.39 is 0 Å². The Bertz CT molecular complexity index is 576. The molecule has 104 valence electrons. The second-order valence-electron chi connectivity index (χ2n) is 5.52. The average Bonchev–Trinajstić information content (AvgIpc) is 2.50. The molecule has 0 saturated carbocycles. The highest BCUT2D eigenvalue weighted by molar-refractivity contribution is 9.10. The Morgan fingerprint density at radius 2 is 1.85 bits per heavy atom. The van der Waals surface area contributed by atoms with E-state index in [2.05, 4.69) is 76.8 Å². The van der Waals surface area contributed by atoms with Crippen molar-refractivity contribution in [3.8, 4) is 0 Å². The van der Waals surface area contributed by atoms with Gasteiger partial charge in [0, 0.05) is 16.4 Å². The van der Waals surface area contributed by atoms with Crippen LogP contribution in [-0.2, 0) is 6.42 Å². The molecule has 0 bridgehead atoms. The number of hydrogen-bond donors (Lipinski definition) is 1. The molecule has 0 amide bonds. The van der Waals surface area contributed by atoms with Gasteiger partial charge in [0.05, 0.1) is 0 Å². The maximum absolute atomic E-state index is 3.53. The van der Waals surface area contributed by atoms with E-state index in [1.165, 1.54) is 36.0 Å². The molecule has 2 heteroatoms. The Morgan fingerprint density at radius 1 is 1.10 bits per heavy atom. The normalized spacial score (nSPS) is 19.4. The van der Waals surface area contributed by atoms with Crippen LogP contribution in [0.2, 0.25) is 0 Å². The average molecular weight is 330 g/mol. The molecule has 20 heavy (non-hydrogen) atoms. The molecule has 2 aromatic carbocycles. The molecular weight excluding hydrogens is 310 g/mol. The monoisotopic (exact) mass is 329 g/mol. The summed E-state index contributed by atoms with van der Waals surface area (Å²) in [6.45, 7) is 0. The highest BCUT2D eigenvalue weighted by Gasteiger charge is 2.27. The maximum atomic E-state index is 3.53. The van der Waals surface area contributed by atoms with Gasteiger partial charge in [-0.05, 0) is 55.1 Å². The first-order valence-electron chi connectivity index (χ1n) is 7.30. The summed E-state index contributed by atoms with van der Waals surface area (Å²) < 4.78 is 1.14. The minimum absolute atomic E-state index is 0.393. The van der Waals surface area contributed by atoms with Crippen molar-refractivity contribution in [2.45, 2.75) is 31.2 Å². The zero-order chi connectivity index (χ0) is 13.9. The number of halogens is 1. The zero-order valence-corrected chi connectivity index (χ0v) is 13.4. The molecule has 0 saturated heterocycles. The first-order chi connectivity index (χ1) is 9.79. The summed E-state index contributed by atoms with van der Waals surface area (Å²) >= 11 is 3.52. The number of nitrogens with one attached hydrogen (secondary N) is 1. The summed E-state index contributed by atoms with van der Waals surface area (Å²) in [5.41, 5.74) is 4.43. The summed E-state index contributed by atoms with van der Waals surface area (Å²) in [4.78, 5) is 0. The lowest BCUT2D eigenvalue weighted by atomic mass is 9.77. The number of hydrogen-bond acceptors (Lipinski definition) is 1. The van der Waals surface area contributed by atoms with E-state index >= 15 is 0 Å². The molecule has 0 radical (unpaired) electrons. The van der Waals surface area contributed by atoms with E-state index in [-0.39, 0.29) is 0 Å². The smallest absolute Gasteiger partial charge is 0.0387 e. The number of benzene rings is 2. The van der Waals surface area contributed by atoms with E-state index in [0.29, 0.717) is 12.0 Å². The number of likely N-dealkylation sites (N-methyl/N-ethyl adjacent to an activating group) is 1. The van der Waals surface area contributed by atoms with E-state index in [4.69, 9.17) is 0 Å². The van der Waals surface area contributed by atoms with Crippen molar-refractivity contribution in [3.63, 3.8) is 0 Å². The van der Waals surface area contributed by atoms with Crippen LogP contribution in [0.25, 0.3) is 0 Å². The molecule has 2 atom stereocenters. The minimum Gasteiger partial charge on any atom is -0.312 e. The van der Waals surface area contributed by atoms with Crippen molar-refractivity contribution in [2.75, 3.05) is 7.05 Å². The summed E-state index contributed by atoms with van der Waals surface area (Å²) in [5.74, 6) is 0.575. The predicted molar refractivity (Wildman–Crippen MR) is 88.1 cm³/mol. The Morgan fingerprint density at radius 3 is 2.60 bits per heavy atom. The highest BCUT2D eigenvalue weighted by Crippen LogP contribution is 2.40. The lowest BCUT2D eigenvalue weighted by Gasteiger charge is -2.32. The predicted octanol–water partition coefficient (Wildman–Crippen LogP) is 4.83. The summed E-state index contributed by atoms with van der Waals surface area (Å²) in [5, 5.41) is 3.53. The molecule has 1 aliphatic rings. The second kappa shape index (κ2) is 6.11. The first kappa shape index (κ1) is 13.8. The molecule has 0 heterocycles. The van der Waals surface area contributed by atoms with Crippen molar-refractivity contribution in [3.05, 3.63) is 69.7 Å². The summed E-state index contributed by atoms with van der Waals surface area (Å²) in [6.07, 6.45) is 3.78. The Hall–Kier alpha value is -1.12. The molecule has 1 nitrogen and oxygen atoms in total. The van der Waals surface area contributed by atoms with Crippen molar-refractivity contribution < 1.29 is 0 Å². The zero-order valence-electron chi connectivity index (χ0n) is 11.8. The highest BCUT2D eigenvalue weighted by atomic mass is 79.9. The fraction of sp³-hybridized carbons (Fsp3) is 0.333. The molecule has 2 unspecified atom stereocenters. The molecule has 2 aromatic rings. The lowest BCUT2D eigenvalue weighted by Crippen LogP contribution is -2.26. The van der Waals surface area contributed by atoms with Gasteiger partial charge in [-0.3, -0.25) is 0 Å². The summed E-state index contributed by atoms with van der Waals surface area (Å²) in [7, 11) is 2.07. The Balaban J connectivity index is 1.96. The third-order valence-corrected chi connectivity index (χ3v) is 4.89. The topological polar surface area (TPSA) is 12.0 Å². The Kier molecular flexibility index (Phi) is 4.23. The van der Waals surface area contributed by atoms with Gasteiger partial charge in [0.25, 0.3) is 0 Å². The number of fused-ring (bicyclic) bond motifs is 1. The van der Waals surface area contributed by atoms with Crippen LogP contribution in [-0.4, -0.2) is 7.05 Å². The van der Waals surface area contributed by atoms with Gasteiger partial charge in [-0.25, -0.2) is 0 Å². The molecule has 1 aliphatic carbocycles. The van der Waals surface area contributed by atoms with Gasteiger partial charge in [0.1, 0.15) is 0 Å². The van der Waals surface area contributed by atoms with Crippen LogP contribution in [0, 0.1) is 0 Å². The van der Waals surface area contributed by atoms with Gasteiger partial charge < -0.3 is 5.32 Å². The quantitative estimate of drug-likeness (QED) is 0.850. The van der Waals surface area contributed by atoms with Gasteiger partial charge in [0.15, 0.2) is 0 Å².